The van der Waals surface area contributed by atoms with Gasteiger partial charge < -0.3 is 15.3 Å². The van der Waals surface area contributed by atoms with E-state index in [0.29, 0.717) is 0 Å². The minimum Gasteiger partial charge on any atom is -0.394 e. The van der Waals surface area contributed by atoms with Gasteiger partial charge in [-0.15, -0.1) is 0 Å². The Labute approximate surface area is 123 Å². The molecule has 0 fully saturated rings. The van der Waals surface area contributed by atoms with Crippen molar-refractivity contribution in [3.63, 3.8) is 0 Å². The van der Waals surface area contributed by atoms with Crippen molar-refractivity contribution in [3.8, 4) is 0 Å². The van der Waals surface area contributed by atoms with E-state index in [1.807, 2.05) is 0 Å². The molecule has 7 nitrogen and oxygen atoms in total. The van der Waals surface area contributed by atoms with E-state index in [-0.39, 0.29) is 13.2 Å². The quantitative estimate of drug-likeness (QED) is 0.404. The Kier molecular flexibility index (Phi) is 20.3. The molecule has 0 aliphatic heterocycles. The Hall–Kier alpha value is -2.14. The molecular weight excluding hydrogens is 276 g/mol. The van der Waals surface area contributed by atoms with E-state index in [2.05, 4.69) is 39.0 Å². The van der Waals surface area contributed by atoms with Crippen molar-refractivity contribution in [1.82, 2.24) is 0 Å². The van der Waals surface area contributed by atoms with Crippen LogP contribution >= 0.6 is 0 Å². The molecule has 21 heavy (non-hydrogen) atoms. The zero-order chi connectivity index (χ0) is 17.3. The van der Waals surface area contributed by atoms with E-state index >= 15 is 0 Å². The van der Waals surface area contributed by atoms with Gasteiger partial charge in [0.15, 0.2) is 0 Å². The highest BCUT2D eigenvalue weighted by atomic mass is 16.3. The molecule has 0 aliphatic rings. The first kappa shape index (κ1) is 23.9. The smallest absolute Gasteiger partial charge is 0.231 e. The van der Waals surface area contributed by atoms with E-state index in [9.17, 15) is 0 Å². The lowest BCUT2D eigenvalue weighted by atomic mass is 10.1. The number of nitrogens with one attached hydrogen (secondary N) is 2. The molecule has 0 aromatic heterocycles. The number of aliphatic hydroxyl groups excluding tert-OH is 3. The van der Waals surface area contributed by atoms with Gasteiger partial charge in [-0.1, -0.05) is 18.2 Å². The third-order valence-electron chi connectivity index (χ3n) is 2.30. The summed E-state index contributed by atoms with van der Waals surface area (Å²) in [7, 11) is 0. The van der Waals surface area contributed by atoms with Crippen molar-refractivity contribution < 1.29 is 24.9 Å². The zero-order valence-corrected chi connectivity index (χ0v) is 12.4. The van der Waals surface area contributed by atoms with Crippen molar-refractivity contribution in [2.45, 2.75) is 26.9 Å². The molecular formula is C14H22N2O5. The van der Waals surface area contributed by atoms with Gasteiger partial charge in [0, 0.05) is 0 Å². The average molecular weight is 298 g/mol. The summed E-state index contributed by atoms with van der Waals surface area (Å²) < 4.78 is 0. The number of rotatable bonds is 2. The normalized spacial score (nSPS) is 7.76. The SMILES string of the molecule is Cc1cccc(C)c1C.N=C=O.N=C=O.OCC(O)CO. The van der Waals surface area contributed by atoms with Crippen molar-refractivity contribution in [1.29, 1.82) is 10.8 Å². The number of aryl methyl sites for hydroxylation is 2. The molecule has 0 saturated heterocycles. The highest BCUT2D eigenvalue weighted by molar-refractivity contribution is 5.31. The van der Waals surface area contributed by atoms with Gasteiger partial charge in [0.25, 0.3) is 0 Å². The Morgan fingerprint density at radius 2 is 1.29 bits per heavy atom. The third kappa shape index (κ3) is 17.9. The molecule has 1 aromatic carbocycles. The lowest BCUT2D eigenvalue weighted by molar-refractivity contribution is 0.0450. The predicted molar refractivity (Wildman–Crippen MR) is 77.7 cm³/mol. The maximum atomic E-state index is 8.35. The summed E-state index contributed by atoms with van der Waals surface area (Å²) in [5, 5.41) is 34.8. The number of aliphatic hydroxyl groups is 3. The van der Waals surface area contributed by atoms with Gasteiger partial charge in [0.05, 0.1) is 13.2 Å². The summed E-state index contributed by atoms with van der Waals surface area (Å²) in [6.45, 7) is 5.71. The van der Waals surface area contributed by atoms with Gasteiger partial charge in [-0.3, -0.25) is 0 Å². The highest BCUT2D eigenvalue weighted by Crippen LogP contribution is 2.09. The van der Waals surface area contributed by atoms with Crippen LogP contribution in [0, 0.1) is 31.6 Å². The van der Waals surface area contributed by atoms with Crippen LogP contribution in [0.5, 0.6) is 0 Å². The van der Waals surface area contributed by atoms with Crippen molar-refractivity contribution in [2.75, 3.05) is 13.2 Å². The van der Waals surface area contributed by atoms with Crippen LogP contribution in [-0.4, -0.2) is 46.8 Å². The van der Waals surface area contributed by atoms with Crippen molar-refractivity contribution in [3.05, 3.63) is 34.9 Å². The Balaban J connectivity index is -0.000000235. The molecule has 0 radical (unpaired) electrons. The summed E-state index contributed by atoms with van der Waals surface area (Å²) >= 11 is 0. The number of benzene rings is 1. The fraction of sp³-hybridized carbons (Fsp3) is 0.429. The maximum absolute atomic E-state index is 8.35. The Bertz CT molecular complexity index is 401. The topological polar surface area (TPSA) is 143 Å². The summed E-state index contributed by atoms with van der Waals surface area (Å²) in [6, 6.07) is 6.38. The first-order valence-corrected chi connectivity index (χ1v) is 5.86. The Morgan fingerprint density at radius 3 is 1.43 bits per heavy atom. The number of isocyanates is 2. The third-order valence-corrected chi connectivity index (χ3v) is 2.30. The van der Waals surface area contributed by atoms with Gasteiger partial charge in [0.1, 0.15) is 6.10 Å². The predicted octanol–water partition coefficient (Wildman–Crippen LogP) is 0.746. The van der Waals surface area contributed by atoms with E-state index < -0.39 is 6.10 Å². The van der Waals surface area contributed by atoms with E-state index in [0.717, 1.165) is 12.2 Å². The molecule has 0 spiro atoms. The van der Waals surface area contributed by atoms with Crippen molar-refractivity contribution >= 4 is 12.2 Å². The molecule has 118 valence electrons. The van der Waals surface area contributed by atoms with E-state index in [1.165, 1.54) is 16.7 Å². The van der Waals surface area contributed by atoms with Crippen LogP contribution in [0.1, 0.15) is 16.7 Å². The summed E-state index contributed by atoms with van der Waals surface area (Å²) in [5.41, 5.74) is 4.18. The van der Waals surface area contributed by atoms with E-state index in [4.69, 9.17) is 35.7 Å². The van der Waals surface area contributed by atoms with Crippen LogP contribution in [0.15, 0.2) is 18.2 Å². The second-order valence-electron chi connectivity index (χ2n) is 3.74. The summed E-state index contributed by atoms with van der Waals surface area (Å²) in [4.78, 5) is 16.7. The molecule has 0 saturated carbocycles. The maximum Gasteiger partial charge on any atom is 0.231 e. The van der Waals surface area contributed by atoms with Crippen LogP contribution < -0.4 is 0 Å². The second-order valence-corrected chi connectivity index (χ2v) is 3.74. The number of hydrogen-bond acceptors (Lipinski definition) is 7. The van der Waals surface area contributed by atoms with Gasteiger partial charge in [0.2, 0.25) is 12.2 Å². The van der Waals surface area contributed by atoms with Crippen LogP contribution in [-0.2, 0) is 9.59 Å². The number of hydrogen-bond donors (Lipinski definition) is 5. The molecule has 0 bridgehead atoms. The second kappa shape index (κ2) is 17.9. The molecule has 0 heterocycles. The fourth-order valence-corrected chi connectivity index (χ4v) is 0.956. The van der Waals surface area contributed by atoms with Gasteiger partial charge >= 0.3 is 0 Å². The van der Waals surface area contributed by atoms with Gasteiger partial charge in [-0.2, -0.15) is 0 Å². The van der Waals surface area contributed by atoms with E-state index in [1.54, 1.807) is 0 Å². The minimum absolute atomic E-state index is 0.365. The molecule has 0 unspecified atom stereocenters. The first-order valence-electron chi connectivity index (χ1n) is 5.86. The van der Waals surface area contributed by atoms with Crippen LogP contribution in [0.3, 0.4) is 0 Å². The van der Waals surface area contributed by atoms with Crippen molar-refractivity contribution in [2.24, 2.45) is 0 Å². The van der Waals surface area contributed by atoms with Crippen LogP contribution in [0.25, 0.3) is 0 Å². The van der Waals surface area contributed by atoms with Gasteiger partial charge in [-0.05, 0) is 37.5 Å². The largest absolute Gasteiger partial charge is 0.394 e. The molecule has 5 N–H and O–H groups in total. The highest BCUT2D eigenvalue weighted by Gasteiger charge is 1.93. The summed E-state index contributed by atoms with van der Waals surface area (Å²) in [6.07, 6.45) is 0.546. The molecule has 1 rings (SSSR count). The molecule has 1 aromatic rings. The molecule has 0 atom stereocenters. The monoisotopic (exact) mass is 298 g/mol. The lowest BCUT2D eigenvalue weighted by Crippen LogP contribution is -2.15. The first-order chi connectivity index (χ1) is 9.85. The fourth-order valence-electron chi connectivity index (χ4n) is 0.956. The van der Waals surface area contributed by atoms with Crippen LogP contribution in [0.4, 0.5) is 0 Å². The van der Waals surface area contributed by atoms with Crippen LogP contribution in [0.2, 0.25) is 0 Å². The Morgan fingerprint density at radius 1 is 1.00 bits per heavy atom. The average Bonchev–Trinajstić information content (AvgIpc) is 2.46. The van der Waals surface area contributed by atoms with Gasteiger partial charge in [-0.25, -0.2) is 20.4 Å². The molecule has 0 aliphatic carbocycles. The molecule has 0 amide bonds. The minimum atomic E-state index is -0.954. The number of carbonyl (C=O) groups excluding carboxylic acids is 2. The lowest BCUT2D eigenvalue weighted by Gasteiger charge is -2.00. The summed E-state index contributed by atoms with van der Waals surface area (Å²) in [5.74, 6) is 0. The standard InChI is InChI=1S/C9H12.C3H8O3.2CHNO/c1-7-5-4-6-8(2)9(7)3;4-1-3(6)2-5;2*2-1-3/h4-6H,1-3H3;3-6H,1-2H2;2*2H. The molecule has 7 heteroatoms. The zero-order valence-electron chi connectivity index (χ0n) is 12.4.